The van der Waals surface area contributed by atoms with Crippen molar-refractivity contribution in [1.29, 1.82) is 0 Å². The van der Waals surface area contributed by atoms with Crippen molar-refractivity contribution in [2.45, 2.75) is 13.3 Å². The van der Waals surface area contributed by atoms with Crippen LogP contribution >= 0.6 is 15.9 Å². The standard InChI is InChI=1S/C16H14BrNO2/c1-8-6-11(4-5-12(8)17)18-15(19)13-9-2-3-10(7-9)14(13)16(18)20/h2-6,9-10,13-14H,7H2,1H3/t9-,10-,13-,14-/m0/s1. The number of allylic oxidation sites excluding steroid dienone is 2. The second-order valence-electron chi connectivity index (χ2n) is 5.95. The Morgan fingerprint density at radius 2 is 1.70 bits per heavy atom. The lowest BCUT2D eigenvalue weighted by molar-refractivity contribution is -0.123. The normalized spacial score (nSPS) is 34.2. The van der Waals surface area contributed by atoms with Crippen molar-refractivity contribution in [3.05, 3.63) is 40.4 Å². The molecule has 2 amide bonds. The molecule has 4 atom stereocenters. The van der Waals surface area contributed by atoms with Crippen LogP contribution in [0.3, 0.4) is 0 Å². The van der Waals surface area contributed by atoms with E-state index in [0.29, 0.717) is 5.69 Å². The number of hydrogen-bond donors (Lipinski definition) is 0. The van der Waals surface area contributed by atoms with Gasteiger partial charge >= 0.3 is 0 Å². The SMILES string of the molecule is Cc1cc(N2C(=O)[C@@H]3[C@@H](C2=O)[C@H]2C=C[C@H]3C2)ccc1Br. The molecule has 1 saturated heterocycles. The molecule has 0 aromatic heterocycles. The summed E-state index contributed by atoms with van der Waals surface area (Å²) in [5, 5.41) is 0. The average Bonchev–Trinajstić information content (AvgIpc) is 3.08. The summed E-state index contributed by atoms with van der Waals surface area (Å²) in [7, 11) is 0. The predicted molar refractivity (Wildman–Crippen MR) is 79.1 cm³/mol. The largest absolute Gasteiger partial charge is 0.274 e. The van der Waals surface area contributed by atoms with E-state index in [9.17, 15) is 9.59 Å². The van der Waals surface area contributed by atoms with Crippen molar-refractivity contribution in [3.8, 4) is 0 Å². The summed E-state index contributed by atoms with van der Waals surface area (Å²) < 4.78 is 0.988. The second-order valence-corrected chi connectivity index (χ2v) is 6.80. The van der Waals surface area contributed by atoms with Crippen molar-refractivity contribution in [1.82, 2.24) is 0 Å². The van der Waals surface area contributed by atoms with Crippen LogP contribution in [0.2, 0.25) is 0 Å². The Kier molecular flexibility index (Phi) is 2.49. The van der Waals surface area contributed by atoms with E-state index in [4.69, 9.17) is 0 Å². The highest BCUT2D eigenvalue weighted by atomic mass is 79.9. The molecule has 1 aromatic rings. The number of halogens is 1. The summed E-state index contributed by atoms with van der Waals surface area (Å²) in [6.07, 6.45) is 5.21. The van der Waals surface area contributed by atoms with Gasteiger partial charge in [-0.15, -0.1) is 0 Å². The highest BCUT2D eigenvalue weighted by molar-refractivity contribution is 9.10. The molecule has 3 nitrogen and oxygen atoms in total. The van der Waals surface area contributed by atoms with Gasteiger partial charge in [0.05, 0.1) is 17.5 Å². The zero-order valence-electron chi connectivity index (χ0n) is 11.0. The molecule has 102 valence electrons. The number of amides is 2. The van der Waals surface area contributed by atoms with Crippen molar-refractivity contribution in [2.75, 3.05) is 4.90 Å². The molecular weight excluding hydrogens is 318 g/mol. The number of rotatable bonds is 1. The number of nitrogens with zero attached hydrogens (tertiary/aromatic N) is 1. The van der Waals surface area contributed by atoms with E-state index in [0.717, 1.165) is 16.5 Å². The van der Waals surface area contributed by atoms with Gasteiger partial charge in [-0.1, -0.05) is 28.1 Å². The first-order chi connectivity index (χ1) is 9.58. The van der Waals surface area contributed by atoms with E-state index in [-0.39, 0.29) is 35.5 Å². The Morgan fingerprint density at radius 3 is 2.25 bits per heavy atom. The number of carbonyl (C=O) groups is 2. The Balaban J connectivity index is 1.76. The van der Waals surface area contributed by atoms with Gasteiger partial charge in [0, 0.05) is 4.47 Å². The van der Waals surface area contributed by atoms with Gasteiger partial charge in [-0.2, -0.15) is 0 Å². The molecule has 0 N–H and O–H groups in total. The fourth-order valence-electron chi connectivity index (χ4n) is 3.92. The first kappa shape index (κ1) is 12.3. The summed E-state index contributed by atoms with van der Waals surface area (Å²) in [6.45, 7) is 1.96. The molecule has 1 aromatic carbocycles. The van der Waals surface area contributed by atoms with Crippen LogP contribution in [0.5, 0.6) is 0 Å². The van der Waals surface area contributed by atoms with Crippen LogP contribution in [-0.4, -0.2) is 11.8 Å². The van der Waals surface area contributed by atoms with Gasteiger partial charge in [0.2, 0.25) is 11.8 Å². The number of aryl methyl sites for hydroxylation is 1. The average molecular weight is 332 g/mol. The molecule has 1 aliphatic heterocycles. The molecule has 2 aliphatic carbocycles. The lowest BCUT2D eigenvalue weighted by atomic mass is 9.85. The molecule has 0 spiro atoms. The smallest absolute Gasteiger partial charge is 0.238 e. The summed E-state index contributed by atoms with van der Waals surface area (Å²) >= 11 is 3.45. The van der Waals surface area contributed by atoms with Crippen molar-refractivity contribution >= 4 is 33.4 Å². The fourth-order valence-corrected chi connectivity index (χ4v) is 4.17. The number of imide groups is 1. The van der Waals surface area contributed by atoms with E-state index in [1.54, 1.807) is 0 Å². The predicted octanol–water partition coefficient (Wildman–Crippen LogP) is 3.07. The molecule has 1 heterocycles. The molecular formula is C16H14BrNO2. The van der Waals surface area contributed by atoms with Crippen molar-refractivity contribution in [3.63, 3.8) is 0 Å². The molecule has 0 unspecified atom stereocenters. The van der Waals surface area contributed by atoms with Gasteiger partial charge in [-0.05, 0) is 48.9 Å². The Hall–Kier alpha value is -1.42. The highest BCUT2D eigenvalue weighted by Crippen LogP contribution is 2.53. The van der Waals surface area contributed by atoms with E-state index in [1.165, 1.54) is 4.90 Å². The van der Waals surface area contributed by atoms with Crippen LogP contribution < -0.4 is 4.90 Å². The molecule has 2 bridgehead atoms. The van der Waals surface area contributed by atoms with Gasteiger partial charge in [0.1, 0.15) is 0 Å². The van der Waals surface area contributed by atoms with E-state index >= 15 is 0 Å². The van der Waals surface area contributed by atoms with Crippen LogP contribution in [0.25, 0.3) is 0 Å². The van der Waals surface area contributed by atoms with Gasteiger partial charge in [0.15, 0.2) is 0 Å². The molecule has 4 rings (SSSR count). The van der Waals surface area contributed by atoms with Gasteiger partial charge in [0.25, 0.3) is 0 Å². The lowest BCUT2D eigenvalue weighted by Crippen LogP contribution is -2.32. The zero-order valence-corrected chi connectivity index (χ0v) is 12.6. The third kappa shape index (κ3) is 1.46. The van der Waals surface area contributed by atoms with E-state index in [2.05, 4.69) is 28.1 Å². The Labute approximate surface area is 125 Å². The second kappa shape index (κ2) is 4.04. The lowest BCUT2D eigenvalue weighted by Gasteiger charge is -2.18. The highest BCUT2D eigenvalue weighted by Gasteiger charge is 2.59. The Morgan fingerprint density at radius 1 is 1.10 bits per heavy atom. The van der Waals surface area contributed by atoms with Crippen molar-refractivity contribution < 1.29 is 9.59 Å². The number of hydrogen-bond acceptors (Lipinski definition) is 2. The monoisotopic (exact) mass is 331 g/mol. The first-order valence-corrected chi connectivity index (χ1v) is 7.69. The van der Waals surface area contributed by atoms with Gasteiger partial charge < -0.3 is 0 Å². The zero-order chi connectivity index (χ0) is 14.0. The topological polar surface area (TPSA) is 37.4 Å². The molecule has 3 aliphatic rings. The molecule has 20 heavy (non-hydrogen) atoms. The quantitative estimate of drug-likeness (QED) is 0.585. The summed E-state index contributed by atoms with van der Waals surface area (Å²) in [5.74, 6) is 0.256. The van der Waals surface area contributed by atoms with Crippen molar-refractivity contribution in [2.24, 2.45) is 23.7 Å². The summed E-state index contributed by atoms with van der Waals surface area (Å²) in [6, 6.07) is 5.63. The minimum Gasteiger partial charge on any atom is -0.274 e. The van der Waals surface area contributed by atoms with Crippen LogP contribution in [0.15, 0.2) is 34.8 Å². The molecule has 4 heteroatoms. The number of carbonyl (C=O) groups excluding carboxylic acids is 2. The number of anilines is 1. The minimum absolute atomic E-state index is 0.0152. The van der Waals surface area contributed by atoms with Gasteiger partial charge in [-0.3, -0.25) is 14.5 Å². The van der Waals surface area contributed by atoms with Gasteiger partial charge in [-0.25, -0.2) is 0 Å². The maximum atomic E-state index is 12.6. The maximum Gasteiger partial charge on any atom is 0.238 e. The maximum absolute atomic E-state index is 12.6. The van der Waals surface area contributed by atoms with Crippen LogP contribution in [-0.2, 0) is 9.59 Å². The third-order valence-corrected chi connectivity index (χ3v) is 5.76. The Bertz CT molecular complexity index is 636. The molecule has 1 saturated carbocycles. The minimum atomic E-state index is -0.124. The summed E-state index contributed by atoms with van der Waals surface area (Å²) in [5.41, 5.74) is 1.73. The summed E-state index contributed by atoms with van der Waals surface area (Å²) in [4.78, 5) is 26.7. The van der Waals surface area contributed by atoms with Crippen LogP contribution in [0.1, 0.15) is 12.0 Å². The number of benzene rings is 1. The molecule has 2 fully saturated rings. The number of fused-ring (bicyclic) bond motifs is 5. The van der Waals surface area contributed by atoms with Crippen LogP contribution in [0.4, 0.5) is 5.69 Å². The third-order valence-electron chi connectivity index (χ3n) is 4.87. The van der Waals surface area contributed by atoms with E-state index < -0.39 is 0 Å². The first-order valence-electron chi connectivity index (χ1n) is 6.90. The van der Waals surface area contributed by atoms with E-state index in [1.807, 2.05) is 25.1 Å². The fraction of sp³-hybridized carbons (Fsp3) is 0.375. The van der Waals surface area contributed by atoms with Crippen LogP contribution in [0, 0.1) is 30.6 Å². The molecule has 0 radical (unpaired) electrons.